The maximum atomic E-state index is 13.7. The number of hydrogen-bond donors (Lipinski definition) is 1. The summed E-state index contributed by atoms with van der Waals surface area (Å²) in [5.41, 5.74) is -0.436. The highest BCUT2D eigenvalue weighted by Crippen LogP contribution is 2.23. The lowest BCUT2D eigenvalue weighted by molar-refractivity contribution is -0.130. The molecule has 1 saturated heterocycles. The van der Waals surface area contributed by atoms with Gasteiger partial charge in [-0.25, -0.2) is 13.6 Å². The van der Waals surface area contributed by atoms with E-state index in [9.17, 15) is 18.4 Å². The van der Waals surface area contributed by atoms with E-state index in [1.54, 1.807) is 9.80 Å². The highest BCUT2D eigenvalue weighted by Gasteiger charge is 2.31. The van der Waals surface area contributed by atoms with Crippen LogP contribution < -0.4 is 5.32 Å². The number of nitrogens with zero attached hydrogens (tertiary/aromatic N) is 2. The molecule has 1 aromatic carbocycles. The average molecular weight is 339 g/mol. The number of carbonyl (C=O) groups excluding carboxylic acids is 2. The van der Waals surface area contributed by atoms with Crippen LogP contribution in [0.4, 0.5) is 19.3 Å². The first-order chi connectivity index (χ1) is 11.3. The summed E-state index contributed by atoms with van der Waals surface area (Å²) in [5, 5.41) is 2.35. The standard InChI is InChI=1S/C17H23F2N3O2/c1-11(2)22(13-7-9-21(10-8-13)12(3)23)17(24)20-16-14(18)5-4-6-15(16)19/h4-6,11,13H,7-10H2,1-3H3,(H,20,24). The van der Waals surface area contributed by atoms with Gasteiger partial charge in [0.15, 0.2) is 0 Å². The zero-order valence-electron chi connectivity index (χ0n) is 14.2. The molecule has 1 heterocycles. The van der Waals surface area contributed by atoms with Crippen LogP contribution in [-0.4, -0.2) is 46.9 Å². The number of halogens is 2. The minimum absolute atomic E-state index is 0.0161. The number of hydrogen-bond acceptors (Lipinski definition) is 2. The molecule has 132 valence electrons. The molecular weight excluding hydrogens is 316 g/mol. The molecule has 1 aliphatic rings. The molecule has 0 spiro atoms. The number of carbonyl (C=O) groups is 2. The first-order valence-corrected chi connectivity index (χ1v) is 8.10. The Balaban J connectivity index is 2.10. The predicted octanol–water partition coefficient (Wildman–Crippen LogP) is 3.22. The molecule has 0 unspecified atom stereocenters. The van der Waals surface area contributed by atoms with E-state index >= 15 is 0 Å². The minimum Gasteiger partial charge on any atom is -0.343 e. The smallest absolute Gasteiger partial charge is 0.322 e. The first kappa shape index (κ1) is 18.2. The second-order valence-corrected chi connectivity index (χ2v) is 6.27. The molecule has 0 atom stereocenters. The molecule has 1 fully saturated rings. The van der Waals surface area contributed by atoms with E-state index in [0.29, 0.717) is 25.9 Å². The Labute approximate surface area is 140 Å². The molecule has 2 rings (SSSR count). The highest BCUT2D eigenvalue weighted by molar-refractivity contribution is 5.90. The van der Waals surface area contributed by atoms with E-state index in [-0.39, 0.29) is 18.0 Å². The van der Waals surface area contributed by atoms with Crippen LogP contribution in [0.2, 0.25) is 0 Å². The van der Waals surface area contributed by atoms with Gasteiger partial charge in [0.05, 0.1) is 0 Å². The summed E-state index contributed by atoms with van der Waals surface area (Å²) in [6.45, 7) is 6.38. The fraction of sp³-hybridized carbons (Fsp3) is 0.529. The molecular formula is C17H23F2N3O2. The third kappa shape index (κ3) is 4.01. The maximum absolute atomic E-state index is 13.7. The van der Waals surface area contributed by atoms with Gasteiger partial charge in [0, 0.05) is 32.1 Å². The van der Waals surface area contributed by atoms with Crippen molar-refractivity contribution in [1.29, 1.82) is 0 Å². The number of anilines is 1. The van der Waals surface area contributed by atoms with Crippen LogP contribution in [0.25, 0.3) is 0 Å². The molecule has 24 heavy (non-hydrogen) atoms. The van der Waals surface area contributed by atoms with Gasteiger partial charge in [0.1, 0.15) is 17.3 Å². The maximum Gasteiger partial charge on any atom is 0.322 e. The minimum atomic E-state index is -0.807. The lowest BCUT2D eigenvalue weighted by Crippen LogP contribution is -2.52. The monoisotopic (exact) mass is 339 g/mol. The zero-order chi connectivity index (χ0) is 17.9. The van der Waals surface area contributed by atoms with Crippen molar-refractivity contribution >= 4 is 17.6 Å². The molecule has 3 amide bonds. The fourth-order valence-electron chi connectivity index (χ4n) is 3.07. The van der Waals surface area contributed by atoms with Gasteiger partial charge in [0.25, 0.3) is 0 Å². The van der Waals surface area contributed by atoms with E-state index in [0.717, 1.165) is 12.1 Å². The summed E-state index contributed by atoms with van der Waals surface area (Å²) in [6.07, 6.45) is 1.29. The number of benzene rings is 1. The molecule has 1 aromatic rings. The molecule has 0 bridgehead atoms. The average Bonchev–Trinajstić information content (AvgIpc) is 2.51. The summed E-state index contributed by atoms with van der Waals surface area (Å²) < 4.78 is 27.5. The van der Waals surface area contributed by atoms with Crippen molar-refractivity contribution < 1.29 is 18.4 Å². The van der Waals surface area contributed by atoms with Gasteiger partial charge in [-0.3, -0.25) is 4.79 Å². The van der Waals surface area contributed by atoms with Crippen molar-refractivity contribution in [3.8, 4) is 0 Å². The Bertz CT molecular complexity index is 594. The van der Waals surface area contributed by atoms with Crippen LogP contribution in [0.15, 0.2) is 18.2 Å². The topological polar surface area (TPSA) is 52.7 Å². The molecule has 0 aromatic heterocycles. The molecule has 0 saturated carbocycles. The fourth-order valence-corrected chi connectivity index (χ4v) is 3.07. The van der Waals surface area contributed by atoms with Crippen molar-refractivity contribution in [2.24, 2.45) is 0 Å². The van der Waals surface area contributed by atoms with Gasteiger partial charge in [-0.05, 0) is 38.8 Å². The highest BCUT2D eigenvalue weighted by atomic mass is 19.1. The summed E-state index contributed by atoms with van der Waals surface area (Å²) in [6, 6.07) is 2.71. The van der Waals surface area contributed by atoms with Gasteiger partial charge in [0.2, 0.25) is 5.91 Å². The van der Waals surface area contributed by atoms with E-state index in [4.69, 9.17) is 0 Å². The van der Waals surface area contributed by atoms with Crippen LogP contribution in [0, 0.1) is 11.6 Å². The number of likely N-dealkylation sites (tertiary alicyclic amines) is 1. The first-order valence-electron chi connectivity index (χ1n) is 8.10. The number of rotatable bonds is 3. The number of nitrogens with one attached hydrogen (secondary N) is 1. The van der Waals surface area contributed by atoms with Crippen LogP contribution >= 0.6 is 0 Å². The number of para-hydroxylation sites is 1. The van der Waals surface area contributed by atoms with Crippen molar-refractivity contribution in [3.05, 3.63) is 29.8 Å². The predicted molar refractivity (Wildman–Crippen MR) is 87.6 cm³/mol. The van der Waals surface area contributed by atoms with Crippen molar-refractivity contribution in [1.82, 2.24) is 9.80 Å². The summed E-state index contributed by atoms with van der Waals surface area (Å²) >= 11 is 0. The van der Waals surface area contributed by atoms with Gasteiger partial charge in [-0.2, -0.15) is 0 Å². The van der Waals surface area contributed by atoms with Crippen LogP contribution in [-0.2, 0) is 4.79 Å². The second-order valence-electron chi connectivity index (χ2n) is 6.27. The lowest BCUT2D eigenvalue weighted by atomic mass is 10.0. The normalized spacial score (nSPS) is 15.5. The quantitative estimate of drug-likeness (QED) is 0.919. The summed E-state index contributed by atoms with van der Waals surface area (Å²) in [5.74, 6) is -1.60. The Kier molecular flexibility index (Phi) is 5.75. The van der Waals surface area contributed by atoms with Crippen LogP contribution in [0.3, 0.4) is 0 Å². The van der Waals surface area contributed by atoms with E-state index < -0.39 is 23.4 Å². The van der Waals surface area contributed by atoms with Gasteiger partial charge in [-0.1, -0.05) is 6.07 Å². The number of urea groups is 1. The Hall–Kier alpha value is -2.18. The zero-order valence-corrected chi connectivity index (χ0v) is 14.2. The van der Waals surface area contributed by atoms with Crippen molar-refractivity contribution in [2.45, 2.75) is 45.7 Å². The Morgan fingerprint density at radius 2 is 1.75 bits per heavy atom. The van der Waals surface area contributed by atoms with Crippen LogP contribution in [0.1, 0.15) is 33.6 Å². The summed E-state index contributed by atoms with van der Waals surface area (Å²) in [7, 11) is 0. The van der Waals surface area contributed by atoms with Crippen LogP contribution in [0.5, 0.6) is 0 Å². The molecule has 0 radical (unpaired) electrons. The third-order valence-corrected chi connectivity index (χ3v) is 4.29. The molecule has 7 heteroatoms. The Morgan fingerprint density at radius 3 is 2.21 bits per heavy atom. The SMILES string of the molecule is CC(=O)N1CCC(N(C(=O)Nc2c(F)cccc2F)C(C)C)CC1. The van der Waals surface area contributed by atoms with Gasteiger partial charge < -0.3 is 15.1 Å². The van der Waals surface area contributed by atoms with Gasteiger partial charge >= 0.3 is 6.03 Å². The Morgan fingerprint density at radius 1 is 1.21 bits per heavy atom. The van der Waals surface area contributed by atoms with E-state index in [2.05, 4.69) is 5.32 Å². The molecule has 5 nitrogen and oxygen atoms in total. The number of amides is 3. The lowest BCUT2D eigenvalue weighted by Gasteiger charge is -2.40. The largest absolute Gasteiger partial charge is 0.343 e. The second kappa shape index (κ2) is 7.59. The molecule has 0 aliphatic carbocycles. The third-order valence-electron chi connectivity index (χ3n) is 4.29. The summed E-state index contributed by atoms with van der Waals surface area (Å²) in [4.78, 5) is 27.3. The molecule has 1 N–H and O–H groups in total. The van der Waals surface area contributed by atoms with E-state index in [1.165, 1.54) is 13.0 Å². The van der Waals surface area contributed by atoms with Crippen molar-refractivity contribution in [3.63, 3.8) is 0 Å². The molecule has 1 aliphatic heterocycles. The van der Waals surface area contributed by atoms with E-state index in [1.807, 2.05) is 13.8 Å². The number of piperidine rings is 1. The van der Waals surface area contributed by atoms with Gasteiger partial charge in [-0.15, -0.1) is 0 Å². The van der Waals surface area contributed by atoms with Crippen molar-refractivity contribution in [2.75, 3.05) is 18.4 Å².